The van der Waals surface area contributed by atoms with E-state index < -0.39 is 0 Å². The summed E-state index contributed by atoms with van der Waals surface area (Å²) in [7, 11) is 0. The normalized spacial score (nSPS) is 20.9. The third-order valence-corrected chi connectivity index (χ3v) is 3.27. The van der Waals surface area contributed by atoms with Crippen molar-refractivity contribution in [2.75, 3.05) is 5.73 Å². The van der Waals surface area contributed by atoms with Crippen molar-refractivity contribution in [3.63, 3.8) is 0 Å². The SMILES string of the molecule is CC1(Cn2ccc(N)n2)CCCCC1. The Labute approximate surface area is 85.3 Å². The molecule has 0 unspecified atom stereocenters. The van der Waals surface area contributed by atoms with Crippen LogP contribution >= 0.6 is 0 Å². The standard InChI is InChI=1S/C11H19N3/c1-11(6-3-2-4-7-11)9-14-8-5-10(12)13-14/h5,8H,2-4,6-7,9H2,1H3,(H2,12,13). The van der Waals surface area contributed by atoms with Crippen LogP contribution in [0.1, 0.15) is 39.0 Å². The van der Waals surface area contributed by atoms with E-state index in [4.69, 9.17) is 5.73 Å². The molecule has 1 heterocycles. The van der Waals surface area contributed by atoms with E-state index in [1.165, 1.54) is 32.1 Å². The Kier molecular flexibility index (Phi) is 2.48. The summed E-state index contributed by atoms with van der Waals surface area (Å²) >= 11 is 0. The predicted octanol–water partition coefficient (Wildman–Crippen LogP) is 2.44. The smallest absolute Gasteiger partial charge is 0.145 e. The van der Waals surface area contributed by atoms with E-state index in [1.54, 1.807) is 0 Å². The fourth-order valence-corrected chi connectivity index (χ4v) is 2.42. The first kappa shape index (κ1) is 9.56. The second kappa shape index (κ2) is 3.64. The number of rotatable bonds is 2. The fraction of sp³-hybridized carbons (Fsp3) is 0.727. The molecule has 0 radical (unpaired) electrons. The highest BCUT2D eigenvalue weighted by atomic mass is 15.3. The van der Waals surface area contributed by atoms with Gasteiger partial charge in [0.15, 0.2) is 0 Å². The van der Waals surface area contributed by atoms with Crippen molar-refractivity contribution in [3.8, 4) is 0 Å². The summed E-state index contributed by atoms with van der Waals surface area (Å²) in [6, 6.07) is 1.87. The average Bonchev–Trinajstić information content (AvgIpc) is 2.51. The lowest BCUT2D eigenvalue weighted by atomic mass is 9.76. The van der Waals surface area contributed by atoms with Crippen molar-refractivity contribution in [2.45, 2.75) is 45.6 Å². The van der Waals surface area contributed by atoms with Gasteiger partial charge in [-0.15, -0.1) is 0 Å². The molecule has 2 rings (SSSR count). The lowest BCUT2D eigenvalue weighted by Crippen LogP contribution is -2.26. The van der Waals surface area contributed by atoms with Crippen molar-refractivity contribution in [3.05, 3.63) is 12.3 Å². The zero-order chi connectivity index (χ0) is 10.0. The number of nitrogens with two attached hydrogens (primary N) is 1. The maximum Gasteiger partial charge on any atom is 0.145 e. The van der Waals surface area contributed by atoms with Crippen LogP contribution in [0.4, 0.5) is 5.82 Å². The molecule has 14 heavy (non-hydrogen) atoms. The van der Waals surface area contributed by atoms with Gasteiger partial charge >= 0.3 is 0 Å². The molecule has 1 saturated carbocycles. The molecule has 3 nitrogen and oxygen atoms in total. The van der Waals surface area contributed by atoms with E-state index in [-0.39, 0.29) is 0 Å². The van der Waals surface area contributed by atoms with Gasteiger partial charge in [-0.25, -0.2) is 0 Å². The van der Waals surface area contributed by atoms with Crippen molar-refractivity contribution < 1.29 is 0 Å². The molecular formula is C11H19N3. The molecule has 0 aromatic carbocycles. The van der Waals surface area contributed by atoms with Crippen LogP contribution in [-0.2, 0) is 6.54 Å². The molecule has 0 bridgehead atoms. The summed E-state index contributed by atoms with van der Waals surface area (Å²) in [6.07, 6.45) is 8.77. The monoisotopic (exact) mass is 193 g/mol. The number of nitrogens with zero attached hydrogens (tertiary/aromatic N) is 2. The van der Waals surface area contributed by atoms with E-state index in [1.807, 2.05) is 16.9 Å². The minimum Gasteiger partial charge on any atom is -0.382 e. The van der Waals surface area contributed by atoms with Gasteiger partial charge in [0.05, 0.1) is 0 Å². The second-order valence-corrected chi connectivity index (χ2v) is 4.81. The van der Waals surface area contributed by atoms with Gasteiger partial charge in [0.2, 0.25) is 0 Å². The summed E-state index contributed by atoms with van der Waals surface area (Å²) in [5.41, 5.74) is 6.04. The van der Waals surface area contributed by atoms with Gasteiger partial charge in [0, 0.05) is 12.7 Å². The molecule has 0 aliphatic heterocycles. The lowest BCUT2D eigenvalue weighted by Gasteiger charge is -2.33. The van der Waals surface area contributed by atoms with Crippen LogP contribution in [0.15, 0.2) is 12.3 Å². The number of anilines is 1. The summed E-state index contributed by atoms with van der Waals surface area (Å²) < 4.78 is 1.99. The Bertz CT molecular complexity index is 297. The van der Waals surface area contributed by atoms with Gasteiger partial charge in [-0.1, -0.05) is 26.2 Å². The third kappa shape index (κ3) is 2.08. The lowest BCUT2D eigenvalue weighted by molar-refractivity contribution is 0.176. The summed E-state index contributed by atoms with van der Waals surface area (Å²) in [5.74, 6) is 0.629. The molecule has 1 fully saturated rings. The Morgan fingerprint density at radius 1 is 1.43 bits per heavy atom. The minimum atomic E-state index is 0.441. The molecule has 0 atom stereocenters. The zero-order valence-electron chi connectivity index (χ0n) is 8.87. The van der Waals surface area contributed by atoms with Crippen molar-refractivity contribution in [2.24, 2.45) is 5.41 Å². The van der Waals surface area contributed by atoms with Crippen LogP contribution in [0.25, 0.3) is 0 Å². The highest BCUT2D eigenvalue weighted by Gasteiger charge is 2.27. The summed E-state index contributed by atoms with van der Waals surface area (Å²) in [5, 5.41) is 4.24. The van der Waals surface area contributed by atoms with E-state index in [0.717, 1.165) is 6.54 Å². The fourth-order valence-electron chi connectivity index (χ4n) is 2.42. The zero-order valence-corrected chi connectivity index (χ0v) is 8.87. The second-order valence-electron chi connectivity index (χ2n) is 4.81. The van der Waals surface area contributed by atoms with Crippen LogP contribution in [-0.4, -0.2) is 9.78 Å². The van der Waals surface area contributed by atoms with Crippen molar-refractivity contribution in [1.82, 2.24) is 9.78 Å². The van der Waals surface area contributed by atoms with E-state index in [9.17, 15) is 0 Å². The Morgan fingerprint density at radius 2 is 2.14 bits per heavy atom. The predicted molar refractivity (Wildman–Crippen MR) is 57.8 cm³/mol. The van der Waals surface area contributed by atoms with Crippen LogP contribution < -0.4 is 5.73 Å². The molecule has 1 aromatic heterocycles. The number of hydrogen-bond acceptors (Lipinski definition) is 2. The van der Waals surface area contributed by atoms with E-state index >= 15 is 0 Å². The van der Waals surface area contributed by atoms with Crippen LogP contribution in [0.3, 0.4) is 0 Å². The highest BCUT2D eigenvalue weighted by molar-refractivity contribution is 5.23. The van der Waals surface area contributed by atoms with Gasteiger partial charge in [0.25, 0.3) is 0 Å². The van der Waals surface area contributed by atoms with Gasteiger partial charge in [-0.05, 0) is 24.3 Å². The van der Waals surface area contributed by atoms with E-state index in [0.29, 0.717) is 11.2 Å². The summed E-state index contributed by atoms with van der Waals surface area (Å²) in [6.45, 7) is 3.38. The minimum absolute atomic E-state index is 0.441. The van der Waals surface area contributed by atoms with Crippen LogP contribution in [0.2, 0.25) is 0 Å². The number of hydrogen-bond donors (Lipinski definition) is 1. The third-order valence-electron chi connectivity index (χ3n) is 3.27. The van der Waals surface area contributed by atoms with Crippen molar-refractivity contribution in [1.29, 1.82) is 0 Å². The molecule has 1 aromatic rings. The van der Waals surface area contributed by atoms with Gasteiger partial charge < -0.3 is 5.73 Å². The molecule has 0 amide bonds. The average molecular weight is 193 g/mol. The van der Waals surface area contributed by atoms with Crippen LogP contribution in [0, 0.1) is 5.41 Å². The first-order chi connectivity index (χ1) is 6.68. The van der Waals surface area contributed by atoms with Crippen LogP contribution in [0.5, 0.6) is 0 Å². The first-order valence-electron chi connectivity index (χ1n) is 5.47. The molecule has 0 spiro atoms. The Hall–Kier alpha value is -0.990. The Morgan fingerprint density at radius 3 is 2.71 bits per heavy atom. The topological polar surface area (TPSA) is 43.8 Å². The Balaban J connectivity index is 2.01. The molecule has 0 saturated heterocycles. The number of aromatic nitrogens is 2. The molecule has 3 heteroatoms. The van der Waals surface area contributed by atoms with Crippen molar-refractivity contribution >= 4 is 5.82 Å². The quantitative estimate of drug-likeness (QED) is 0.784. The molecule has 1 aliphatic rings. The first-order valence-corrected chi connectivity index (χ1v) is 5.47. The molecular weight excluding hydrogens is 174 g/mol. The summed E-state index contributed by atoms with van der Waals surface area (Å²) in [4.78, 5) is 0. The van der Waals surface area contributed by atoms with E-state index in [2.05, 4.69) is 12.0 Å². The highest BCUT2D eigenvalue weighted by Crippen LogP contribution is 2.36. The maximum absolute atomic E-state index is 5.59. The largest absolute Gasteiger partial charge is 0.382 e. The molecule has 2 N–H and O–H groups in total. The van der Waals surface area contributed by atoms with Gasteiger partial charge in [-0.2, -0.15) is 5.10 Å². The van der Waals surface area contributed by atoms with Gasteiger partial charge in [0.1, 0.15) is 5.82 Å². The maximum atomic E-state index is 5.59. The molecule has 78 valence electrons. The van der Waals surface area contributed by atoms with Gasteiger partial charge in [-0.3, -0.25) is 4.68 Å². The number of nitrogen functional groups attached to an aromatic ring is 1. The molecule has 1 aliphatic carbocycles.